The van der Waals surface area contributed by atoms with E-state index < -0.39 is 5.82 Å². The minimum Gasteiger partial charge on any atom is -0.338 e. The zero-order chi connectivity index (χ0) is 19.8. The number of halogens is 3. The fourth-order valence-corrected chi connectivity index (χ4v) is 4.10. The Kier molecular flexibility index (Phi) is 5.30. The molecule has 4 rings (SSSR count). The number of carbonyl (C=O) groups is 1. The molecule has 2 aromatic carbocycles. The first-order chi connectivity index (χ1) is 13.4. The molecule has 3 unspecified atom stereocenters. The molecule has 0 bridgehead atoms. The fourth-order valence-electron chi connectivity index (χ4n) is 3.60. The highest BCUT2D eigenvalue weighted by molar-refractivity contribution is 6.31. The Morgan fingerprint density at radius 1 is 1.25 bits per heavy atom. The monoisotopic (exact) mass is 419 g/mol. The number of hydrogen-bond acceptors (Lipinski definition) is 2. The second-order valence-corrected chi connectivity index (χ2v) is 8.41. The summed E-state index contributed by atoms with van der Waals surface area (Å²) < 4.78 is 13.6. The van der Waals surface area contributed by atoms with Gasteiger partial charge in [-0.25, -0.2) is 9.37 Å². The molecule has 1 amide bonds. The van der Waals surface area contributed by atoms with Gasteiger partial charge in [0.15, 0.2) is 0 Å². The summed E-state index contributed by atoms with van der Waals surface area (Å²) in [7, 11) is 0. The Bertz CT molecular complexity index is 979. The average molecular weight is 420 g/mol. The summed E-state index contributed by atoms with van der Waals surface area (Å²) in [4.78, 5) is 20.1. The van der Waals surface area contributed by atoms with Crippen LogP contribution in [0.1, 0.15) is 26.2 Å². The van der Waals surface area contributed by atoms with Gasteiger partial charge in [0.1, 0.15) is 11.6 Å². The van der Waals surface area contributed by atoms with Crippen molar-refractivity contribution >= 4 is 45.8 Å². The zero-order valence-electron chi connectivity index (χ0n) is 15.3. The number of rotatable bonds is 3. The van der Waals surface area contributed by atoms with Gasteiger partial charge < -0.3 is 10.3 Å². The van der Waals surface area contributed by atoms with Gasteiger partial charge in [0.25, 0.3) is 0 Å². The molecule has 0 saturated heterocycles. The first-order valence-electron chi connectivity index (χ1n) is 9.31. The number of carbonyl (C=O) groups excluding carboxylic acids is 1. The molecule has 0 radical (unpaired) electrons. The zero-order valence-corrected chi connectivity index (χ0v) is 16.8. The van der Waals surface area contributed by atoms with Crippen LogP contribution in [0.3, 0.4) is 0 Å². The smallest absolute Gasteiger partial charge is 0.227 e. The lowest BCUT2D eigenvalue weighted by Crippen LogP contribution is -2.31. The molecule has 0 spiro atoms. The van der Waals surface area contributed by atoms with Crippen LogP contribution in [0.25, 0.3) is 22.4 Å². The molecule has 1 aliphatic rings. The molecule has 28 heavy (non-hydrogen) atoms. The summed E-state index contributed by atoms with van der Waals surface area (Å²) in [5, 5.41) is 3.07. The molecule has 0 aliphatic heterocycles. The van der Waals surface area contributed by atoms with Gasteiger partial charge in [0, 0.05) is 28.6 Å². The van der Waals surface area contributed by atoms with Gasteiger partial charge in [0.2, 0.25) is 5.91 Å². The summed E-state index contributed by atoms with van der Waals surface area (Å²) in [6, 6.07) is 10.2. The van der Waals surface area contributed by atoms with Crippen molar-refractivity contribution in [1.82, 2.24) is 9.97 Å². The van der Waals surface area contributed by atoms with E-state index in [1.807, 2.05) is 24.3 Å². The number of amides is 1. The number of fused-ring (bicyclic) bond motifs is 1. The topological polar surface area (TPSA) is 57.8 Å². The van der Waals surface area contributed by atoms with E-state index in [1.165, 1.54) is 12.1 Å². The molecule has 4 nitrogen and oxygen atoms in total. The predicted octanol–water partition coefficient (Wildman–Crippen LogP) is 6.00. The number of benzene rings is 2. The number of nitrogens with zero attached hydrogens (tertiary/aromatic N) is 1. The molecule has 3 atom stereocenters. The summed E-state index contributed by atoms with van der Waals surface area (Å²) in [6.45, 7) is 2.13. The number of imidazole rings is 1. The number of nitrogens with one attached hydrogen (secondary N) is 2. The SMILES string of the molecule is CC1CCC(C(=O)Nc2ccc(-c3nc4cc(Cl)c(F)cc4[nH]3)cc2)CC1Cl. The van der Waals surface area contributed by atoms with Gasteiger partial charge >= 0.3 is 0 Å². The second kappa shape index (κ2) is 7.72. The van der Waals surface area contributed by atoms with Crippen LogP contribution in [-0.2, 0) is 4.79 Å². The summed E-state index contributed by atoms with van der Waals surface area (Å²) in [5.41, 5.74) is 2.74. The maximum absolute atomic E-state index is 13.6. The summed E-state index contributed by atoms with van der Waals surface area (Å²) in [6.07, 6.45) is 2.55. The molecule has 7 heteroatoms. The van der Waals surface area contributed by atoms with Crippen LogP contribution in [0.2, 0.25) is 5.02 Å². The molecular formula is C21H20Cl2FN3O. The molecule has 2 N–H and O–H groups in total. The van der Waals surface area contributed by atoms with Crippen LogP contribution in [0, 0.1) is 17.7 Å². The van der Waals surface area contributed by atoms with E-state index in [2.05, 4.69) is 22.2 Å². The Morgan fingerprint density at radius 2 is 2.00 bits per heavy atom. The number of aromatic amines is 1. The van der Waals surface area contributed by atoms with Crippen LogP contribution < -0.4 is 5.32 Å². The molecule has 1 fully saturated rings. The van der Waals surface area contributed by atoms with E-state index >= 15 is 0 Å². The quantitative estimate of drug-likeness (QED) is 0.511. The van der Waals surface area contributed by atoms with Gasteiger partial charge in [-0.3, -0.25) is 4.79 Å². The van der Waals surface area contributed by atoms with Gasteiger partial charge in [-0.15, -0.1) is 11.6 Å². The number of alkyl halides is 1. The highest BCUT2D eigenvalue weighted by Crippen LogP contribution is 2.33. The summed E-state index contributed by atoms with van der Waals surface area (Å²) in [5.74, 6) is 0.546. The molecular weight excluding hydrogens is 400 g/mol. The third-order valence-electron chi connectivity index (χ3n) is 5.42. The fraction of sp³-hybridized carbons (Fsp3) is 0.333. The second-order valence-electron chi connectivity index (χ2n) is 7.44. The lowest BCUT2D eigenvalue weighted by Gasteiger charge is -2.29. The Hall–Kier alpha value is -2.11. The van der Waals surface area contributed by atoms with Crippen LogP contribution in [0.4, 0.5) is 10.1 Å². The van der Waals surface area contributed by atoms with E-state index in [0.29, 0.717) is 29.2 Å². The Balaban J connectivity index is 1.47. The number of H-pyrrole nitrogens is 1. The maximum Gasteiger partial charge on any atom is 0.227 e. The first kappa shape index (κ1) is 19.2. The van der Waals surface area contributed by atoms with E-state index in [0.717, 1.165) is 24.1 Å². The van der Waals surface area contributed by atoms with Gasteiger partial charge in [-0.2, -0.15) is 0 Å². The number of anilines is 1. The average Bonchev–Trinajstić information content (AvgIpc) is 3.07. The van der Waals surface area contributed by atoms with Crippen molar-refractivity contribution in [2.75, 3.05) is 5.32 Å². The molecule has 1 heterocycles. The molecule has 1 aliphatic carbocycles. The van der Waals surface area contributed by atoms with Crippen LogP contribution in [0.5, 0.6) is 0 Å². The number of aromatic nitrogens is 2. The van der Waals surface area contributed by atoms with Crippen molar-refractivity contribution in [2.24, 2.45) is 11.8 Å². The molecule has 3 aromatic rings. The molecule has 1 aromatic heterocycles. The lowest BCUT2D eigenvalue weighted by atomic mass is 9.82. The van der Waals surface area contributed by atoms with Crippen molar-refractivity contribution in [3.8, 4) is 11.4 Å². The Morgan fingerprint density at radius 3 is 2.71 bits per heavy atom. The third-order valence-corrected chi connectivity index (χ3v) is 6.32. The highest BCUT2D eigenvalue weighted by Gasteiger charge is 2.30. The Labute approximate surface area is 172 Å². The van der Waals surface area contributed by atoms with Crippen molar-refractivity contribution in [1.29, 1.82) is 0 Å². The molecule has 1 saturated carbocycles. The van der Waals surface area contributed by atoms with Crippen molar-refractivity contribution < 1.29 is 9.18 Å². The number of hydrogen-bond donors (Lipinski definition) is 2. The minimum atomic E-state index is -0.487. The maximum atomic E-state index is 13.6. The van der Waals surface area contributed by atoms with Crippen LogP contribution in [0.15, 0.2) is 36.4 Å². The largest absolute Gasteiger partial charge is 0.338 e. The van der Waals surface area contributed by atoms with E-state index in [1.54, 1.807) is 0 Å². The van der Waals surface area contributed by atoms with Gasteiger partial charge in [0.05, 0.1) is 16.1 Å². The third kappa shape index (κ3) is 3.87. The van der Waals surface area contributed by atoms with E-state index in [4.69, 9.17) is 23.2 Å². The van der Waals surface area contributed by atoms with E-state index in [9.17, 15) is 9.18 Å². The van der Waals surface area contributed by atoms with Crippen molar-refractivity contribution in [3.05, 3.63) is 47.2 Å². The van der Waals surface area contributed by atoms with Crippen LogP contribution in [-0.4, -0.2) is 21.3 Å². The molecule has 146 valence electrons. The normalized spacial score (nSPS) is 22.4. The first-order valence-corrected chi connectivity index (χ1v) is 10.1. The van der Waals surface area contributed by atoms with Crippen molar-refractivity contribution in [3.63, 3.8) is 0 Å². The standard InChI is InChI=1S/C21H20Cl2FN3O/c1-11-2-3-13(8-15(11)22)21(28)25-14-6-4-12(5-7-14)20-26-18-9-16(23)17(24)10-19(18)27-20/h4-7,9-11,13,15H,2-3,8H2,1H3,(H,25,28)(H,26,27). The predicted molar refractivity (Wildman–Crippen MR) is 111 cm³/mol. The van der Waals surface area contributed by atoms with Crippen molar-refractivity contribution in [2.45, 2.75) is 31.6 Å². The lowest BCUT2D eigenvalue weighted by molar-refractivity contribution is -0.120. The van der Waals surface area contributed by atoms with Gasteiger partial charge in [-0.05, 0) is 55.5 Å². The summed E-state index contributed by atoms with van der Waals surface area (Å²) >= 11 is 12.1. The van der Waals surface area contributed by atoms with Gasteiger partial charge in [-0.1, -0.05) is 18.5 Å². The van der Waals surface area contributed by atoms with Crippen LogP contribution >= 0.6 is 23.2 Å². The van der Waals surface area contributed by atoms with E-state index in [-0.39, 0.29) is 22.2 Å². The minimum absolute atomic E-state index is 0.0131. The highest BCUT2D eigenvalue weighted by atomic mass is 35.5.